The summed E-state index contributed by atoms with van der Waals surface area (Å²) in [6, 6.07) is 9.60. The number of esters is 1. The first-order chi connectivity index (χ1) is 13.3. The Labute approximate surface area is 157 Å². The van der Waals surface area contributed by atoms with Gasteiger partial charge in [0.1, 0.15) is 11.6 Å². The smallest absolute Gasteiger partial charge is 0.416 e. The molecule has 0 amide bonds. The Hall–Kier alpha value is -3.23. The molecule has 0 spiro atoms. The number of fused-ring (bicyclic) bond motifs is 1. The highest BCUT2D eigenvalue weighted by atomic mass is 19.4. The number of alkyl halides is 3. The van der Waals surface area contributed by atoms with Crippen molar-refractivity contribution >= 4 is 22.8 Å². The normalized spacial score (nSPS) is 12.7. The summed E-state index contributed by atoms with van der Waals surface area (Å²) in [7, 11) is 0. The minimum Gasteiger partial charge on any atom is -0.466 e. The zero-order valence-corrected chi connectivity index (χ0v) is 14.8. The van der Waals surface area contributed by atoms with E-state index in [0.717, 1.165) is 24.3 Å². The Morgan fingerprint density at radius 2 is 1.79 bits per heavy atom. The monoisotopic (exact) mass is 391 g/mol. The molecule has 0 aliphatic heterocycles. The predicted octanol–water partition coefficient (Wildman–Crippen LogP) is 3.83. The van der Waals surface area contributed by atoms with Crippen LogP contribution >= 0.6 is 0 Å². The lowest BCUT2D eigenvalue weighted by molar-refractivity contribution is -0.143. The molecule has 3 aromatic rings. The van der Waals surface area contributed by atoms with Crippen molar-refractivity contribution in [3.05, 3.63) is 59.7 Å². The number of carbonyl (C=O) groups is 2. The minimum atomic E-state index is -4.51. The van der Waals surface area contributed by atoms with Gasteiger partial charge in [0.2, 0.25) is 0 Å². The number of Topliss-reactive ketones (excluding diaryl/α,β-unsaturated/α-hetero) is 1. The Morgan fingerprint density at radius 1 is 1.11 bits per heavy atom. The molecule has 0 saturated heterocycles. The number of ether oxygens (including phenoxy) is 1. The number of benzene rings is 2. The molecule has 0 aliphatic rings. The summed E-state index contributed by atoms with van der Waals surface area (Å²) in [5.41, 5.74) is 0.215. The van der Waals surface area contributed by atoms with Crippen molar-refractivity contribution in [1.82, 2.24) is 15.0 Å². The second-order valence-electron chi connectivity index (χ2n) is 5.99. The number of hydrogen-bond donors (Lipinski definition) is 0. The quantitative estimate of drug-likeness (QED) is 0.472. The van der Waals surface area contributed by atoms with Crippen molar-refractivity contribution in [2.75, 3.05) is 6.61 Å². The maximum absolute atomic E-state index is 13.0. The van der Waals surface area contributed by atoms with Gasteiger partial charge < -0.3 is 4.74 Å². The van der Waals surface area contributed by atoms with Crippen LogP contribution in [0, 0.1) is 0 Å². The molecule has 3 rings (SSSR count). The van der Waals surface area contributed by atoms with Crippen molar-refractivity contribution in [1.29, 1.82) is 0 Å². The number of rotatable bonds is 6. The van der Waals surface area contributed by atoms with Crippen LogP contribution in [0.5, 0.6) is 0 Å². The number of ketones is 1. The van der Waals surface area contributed by atoms with E-state index in [1.165, 1.54) is 4.68 Å². The summed E-state index contributed by atoms with van der Waals surface area (Å²) in [6.45, 7) is 1.77. The van der Waals surface area contributed by atoms with Gasteiger partial charge in [-0.25, -0.2) is 4.68 Å². The SMILES string of the molecule is CCOC(=O)CC(C(=O)c1ccc(C(F)(F)F)cc1)n1nnc2ccccc21. The van der Waals surface area contributed by atoms with E-state index in [1.807, 2.05) is 0 Å². The molecule has 146 valence electrons. The van der Waals surface area contributed by atoms with E-state index in [1.54, 1.807) is 31.2 Å². The third-order valence-corrected chi connectivity index (χ3v) is 4.14. The second kappa shape index (κ2) is 7.79. The number of halogens is 3. The van der Waals surface area contributed by atoms with Crippen LogP contribution in [0.2, 0.25) is 0 Å². The van der Waals surface area contributed by atoms with Crippen LogP contribution in [-0.4, -0.2) is 33.4 Å². The molecule has 0 fully saturated rings. The van der Waals surface area contributed by atoms with Crippen LogP contribution in [0.25, 0.3) is 11.0 Å². The molecule has 0 aliphatic carbocycles. The number of para-hydroxylation sites is 1. The van der Waals surface area contributed by atoms with Crippen molar-refractivity contribution in [2.45, 2.75) is 25.6 Å². The van der Waals surface area contributed by atoms with Gasteiger partial charge in [-0.2, -0.15) is 13.2 Å². The van der Waals surface area contributed by atoms with E-state index in [9.17, 15) is 22.8 Å². The van der Waals surface area contributed by atoms with Crippen molar-refractivity contribution < 1.29 is 27.5 Å². The predicted molar refractivity (Wildman–Crippen MR) is 93.6 cm³/mol. The van der Waals surface area contributed by atoms with Gasteiger partial charge >= 0.3 is 12.1 Å². The van der Waals surface area contributed by atoms with Crippen molar-refractivity contribution in [2.24, 2.45) is 0 Å². The van der Waals surface area contributed by atoms with Gasteiger partial charge in [-0.3, -0.25) is 9.59 Å². The van der Waals surface area contributed by atoms with E-state index in [0.29, 0.717) is 11.0 Å². The first-order valence-corrected chi connectivity index (χ1v) is 8.48. The third-order valence-electron chi connectivity index (χ3n) is 4.14. The summed E-state index contributed by atoms with van der Waals surface area (Å²) in [4.78, 5) is 25.0. The molecular weight excluding hydrogens is 375 g/mol. The fourth-order valence-corrected chi connectivity index (χ4v) is 2.80. The van der Waals surface area contributed by atoms with Gasteiger partial charge in [0.05, 0.1) is 24.1 Å². The fraction of sp³-hybridized carbons (Fsp3) is 0.263. The molecule has 2 aromatic carbocycles. The van der Waals surface area contributed by atoms with Gasteiger partial charge in [0.15, 0.2) is 5.78 Å². The van der Waals surface area contributed by atoms with E-state index in [4.69, 9.17) is 4.74 Å². The van der Waals surface area contributed by atoms with Gasteiger partial charge in [0, 0.05) is 5.56 Å². The number of hydrogen-bond acceptors (Lipinski definition) is 5. The summed E-state index contributed by atoms with van der Waals surface area (Å²) >= 11 is 0. The Morgan fingerprint density at radius 3 is 2.43 bits per heavy atom. The third kappa shape index (κ3) is 4.03. The topological polar surface area (TPSA) is 74.1 Å². The average molecular weight is 391 g/mol. The van der Waals surface area contributed by atoms with E-state index >= 15 is 0 Å². The lowest BCUT2D eigenvalue weighted by atomic mass is 10.00. The number of aromatic nitrogens is 3. The zero-order chi connectivity index (χ0) is 20.3. The van der Waals surface area contributed by atoms with Crippen molar-refractivity contribution in [3.8, 4) is 0 Å². The molecule has 0 radical (unpaired) electrons. The van der Waals surface area contributed by atoms with Crippen LogP contribution in [0.1, 0.15) is 35.3 Å². The molecule has 28 heavy (non-hydrogen) atoms. The fourth-order valence-electron chi connectivity index (χ4n) is 2.80. The Balaban J connectivity index is 1.98. The lowest BCUT2D eigenvalue weighted by Gasteiger charge is -2.16. The highest BCUT2D eigenvalue weighted by molar-refractivity contribution is 6.01. The van der Waals surface area contributed by atoms with Crippen LogP contribution in [0.3, 0.4) is 0 Å². The first-order valence-electron chi connectivity index (χ1n) is 8.48. The highest BCUT2D eigenvalue weighted by Gasteiger charge is 2.32. The molecule has 0 saturated carbocycles. The molecule has 9 heteroatoms. The summed E-state index contributed by atoms with van der Waals surface area (Å²) in [5.74, 6) is -1.18. The standard InChI is InChI=1S/C19H16F3N3O3/c1-2-28-17(26)11-16(25-15-6-4-3-5-14(15)23-24-25)18(27)12-7-9-13(10-8-12)19(20,21)22/h3-10,16H,2,11H2,1H3. The van der Waals surface area contributed by atoms with E-state index in [2.05, 4.69) is 10.3 Å². The summed E-state index contributed by atoms with van der Waals surface area (Å²) < 4.78 is 44.5. The first kappa shape index (κ1) is 19.5. The average Bonchev–Trinajstić information content (AvgIpc) is 3.09. The van der Waals surface area contributed by atoms with Gasteiger partial charge in [-0.15, -0.1) is 5.10 Å². The molecule has 1 unspecified atom stereocenters. The molecule has 1 heterocycles. The summed E-state index contributed by atoms with van der Waals surface area (Å²) in [6.07, 6.45) is -4.82. The van der Waals surface area contributed by atoms with Gasteiger partial charge in [-0.1, -0.05) is 29.5 Å². The van der Waals surface area contributed by atoms with E-state index < -0.39 is 29.5 Å². The van der Waals surface area contributed by atoms with Gasteiger partial charge in [-0.05, 0) is 31.2 Å². The van der Waals surface area contributed by atoms with Crippen LogP contribution < -0.4 is 0 Å². The van der Waals surface area contributed by atoms with Crippen LogP contribution in [0.4, 0.5) is 13.2 Å². The minimum absolute atomic E-state index is 0.0295. The molecule has 0 bridgehead atoms. The van der Waals surface area contributed by atoms with Crippen molar-refractivity contribution in [3.63, 3.8) is 0 Å². The second-order valence-corrected chi connectivity index (χ2v) is 5.99. The molecular formula is C19H16F3N3O3. The maximum Gasteiger partial charge on any atom is 0.416 e. The summed E-state index contributed by atoms with van der Waals surface area (Å²) in [5, 5.41) is 7.95. The molecule has 1 atom stereocenters. The maximum atomic E-state index is 13.0. The lowest BCUT2D eigenvalue weighted by Crippen LogP contribution is -2.25. The number of carbonyl (C=O) groups excluding carboxylic acids is 2. The van der Waals surface area contributed by atoms with Crippen LogP contribution in [-0.2, 0) is 15.7 Å². The molecule has 6 nitrogen and oxygen atoms in total. The van der Waals surface area contributed by atoms with Crippen LogP contribution in [0.15, 0.2) is 48.5 Å². The zero-order valence-electron chi connectivity index (χ0n) is 14.8. The molecule has 0 N–H and O–H groups in total. The Bertz CT molecular complexity index is 997. The number of nitrogens with zero attached hydrogens (tertiary/aromatic N) is 3. The molecule has 1 aromatic heterocycles. The largest absolute Gasteiger partial charge is 0.466 e. The highest BCUT2D eigenvalue weighted by Crippen LogP contribution is 2.30. The van der Waals surface area contributed by atoms with Gasteiger partial charge in [0.25, 0.3) is 0 Å². The van der Waals surface area contributed by atoms with E-state index in [-0.39, 0.29) is 18.6 Å². The Kier molecular flexibility index (Phi) is 5.43.